The van der Waals surface area contributed by atoms with Crippen LogP contribution in [0.2, 0.25) is 0 Å². The second-order valence-corrected chi connectivity index (χ2v) is 3.14. The fourth-order valence-electron chi connectivity index (χ4n) is 1.15. The van der Waals surface area contributed by atoms with Crippen LogP contribution in [0.1, 0.15) is 12.5 Å². The van der Waals surface area contributed by atoms with Gasteiger partial charge in [-0.05, 0) is 25.1 Å². The van der Waals surface area contributed by atoms with Gasteiger partial charge in [-0.3, -0.25) is 0 Å². The summed E-state index contributed by atoms with van der Waals surface area (Å²) >= 11 is 0. The number of anilines is 1. The van der Waals surface area contributed by atoms with Crippen LogP contribution in [0.25, 0.3) is 0 Å². The van der Waals surface area contributed by atoms with E-state index < -0.39 is 17.6 Å². The Hall–Kier alpha value is -1.52. The molecule has 0 saturated carbocycles. The van der Waals surface area contributed by atoms with Crippen LogP contribution in [0.3, 0.4) is 0 Å². The minimum absolute atomic E-state index is 0.242. The molecule has 1 rings (SSSR count). The average Bonchev–Trinajstić information content (AvgIpc) is 2.19. The Morgan fingerprint density at radius 2 is 2.00 bits per heavy atom. The maximum absolute atomic E-state index is 12.9. The number of nitrogens with one attached hydrogen (secondary N) is 1. The highest BCUT2D eigenvalue weighted by molar-refractivity contribution is 5.47. The summed E-state index contributed by atoms with van der Waals surface area (Å²) in [6.45, 7) is 2.20. The highest BCUT2D eigenvalue weighted by Crippen LogP contribution is 2.32. The van der Waals surface area contributed by atoms with Crippen LogP contribution >= 0.6 is 0 Å². The van der Waals surface area contributed by atoms with Gasteiger partial charge in [0.15, 0.2) is 0 Å². The monoisotopic (exact) mass is 233 g/mol. The summed E-state index contributed by atoms with van der Waals surface area (Å²) in [6, 6.07) is 2.84. The van der Waals surface area contributed by atoms with E-state index >= 15 is 0 Å². The number of allylic oxidation sites excluding steroid dienone is 1. The van der Waals surface area contributed by atoms with Gasteiger partial charge in [0, 0.05) is 12.2 Å². The number of hydrogen-bond donors (Lipinski definition) is 1. The van der Waals surface area contributed by atoms with Crippen molar-refractivity contribution in [2.45, 2.75) is 13.1 Å². The Morgan fingerprint density at radius 3 is 2.56 bits per heavy atom. The molecule has 0 fully saturated rings. The number of halogens is 4. The van der Waals surface area contributed by atoms with E-state index in [2.05, 4.69) is 5.32 Å². The van der Waals surface area contributed by atoms with Crippen LogP contribution in [0, 0.1) is 5.82 Å². The van der Waals surface area contributed by atoms with Crippen LogP contribution in [-0.4, -0.2) is 6.54 Å². The first-order valence-electron chi connectivity index (χ1n) is 4.67. The van der Waals surface area contributed by atoms with Gasteiger partial charge in [0.1, 0.15) is 5.82 Å². The van der Waals surface area contributed by atoms with Gasteiger partial charge >= 0.3 is 6.18 Å². The van der Waals surface area contributed by atoms with Gasteiger partial charge in [0.2, 0.25) is 0 Å². The molecule has 0 aliphatic heterocycles. The quantitative estimate of drug-likeness (QED) is 0.618. The predicted octanol–water partition coefficient (Wildman–Crippen LogP) is 3.83. The Labute approximate surface area is 90.8 Å². The molecular formula is C11H11F4N. The van der Waals surface area contributed by atoms with E-state index in [4.69, 9.17) is 0 Å². The highest BCUT2D eigenvalue weighted by Gasteiger charge is 2.34. The van der Waals surface area contributed by atoms with Crippen LogP contribution in [-0.2, 0) is 6.18 Å². The second-order valence-electron chi connectivity index (χ2n) is 3.14. The lowest BCUT2D eigenvalue weighted by Gasteiger charge is -2.10. The molecule has 0 radical (unpaired) electrons. The molecular weight excluding hydrogens is 222 g/mol. The molecule has 0 aromatic heterocycles. The number of rotatable bonds is 3. The topological polar surface area (TPSA) is 12.0 Å². The maximum atomic E-state index is 12.9. The summed E-state index contributed by atoms with van der Waals surface area (Å²) in [5, 5.41) is 2.73. The van der Waals surface area contributed by atoms with E-state index in [1.165, 1.54) is 6.07 Å². The van der Waals surface area contributed by atoms with Gasteiger partial charge in [-0.15, -0.1) is 0 Å². The van der Waals surface area contributed by atoms with Gasteiger partial charge in [-0.1, -0.05) is 12.2 Å². The lowest BCUT2D eigenvalue weighted by Crippen LogP contribution is -2.09. The van der Waals surface area contributed by atoms with Crippen LogP contribution in [0.15, 0.2) is 30.4 Å². The minimum atomic E-state index is -4.66. The first-order valence-corrected chi connectivity index (χ1v) is 4.67. The van der Waals surface area contributed by atoms with Gasteiger partial charge in [0.05, 0.1) is 5.56 Å². The van der Waals surface area contributed by atoms with Crippen molar-refractivity contribution >= 4 is 5.69 Å². The van der Waals surface area contributed by atoms with E-state index in [1.54, 1.807) is 19.1 Å². The van der Waals surface area contributed by atoms with Crippen molar-refractivity contribution in [1.29, 1.82) is 0 Å². The summed E-state index contributed by atoms with van der Waals surface area (Å²) in [5.74, 6) is -1.26. The van der Waals surface area contributed by atoms with E-state index in [0.717, 1.165) is 12.1 Å². The van der Waals surface area contributed by atoms with Gasteiger partial charge in [-0.25, -0.2) is 4.39 Å². The number of benzene rings is 1. The molecule has 0 amide bonds. The molecule has 88 valence electrons. The normalized spacial score (nSPS) is 12.1. The van der Waals surface area contributed by atoms with Crippen LogP contribution in [0.4, 0.5) is 23.2 Å². The fraction of sp³-hybridized carbons (Fsp3) is 0.273. The third-order valence-electron chi connectivity index (χ3n) is 1.93. The zero-order valence-electron chi connectivity index (χ0n) is 8.61. The van der Waals surface area contributed by atoms with Crippen molar-refractivity contribution in [3.8, 4) is 0 Å². The van der Waals surface area contributed by atoms with Crippen molar-refractivity contribution in [1.82, 2.24) is 0 Å². The summed E-state index contributed by atoms with van der Waals surface area (Å²) in [5.41, 5.74) is -1.01. The smallest absolute Gasteiger partial charge is 0.382 e. The highest BCUT2D eigenvalue weighted by atomic mass is 19.4. The predicted molar refractivity (Wildman–Crippen MR) is 54.7 cm³/mol. The van der Waals surface area contributed by atoms with Crippen molar-refractivity contribution in [2.24, 2.45) is 0 Å². The maximum Gasteiger partial charge on any atom is 0.419 e. The first kappa shape index (κ1) is 12.5. The van der Waals surface area contributed by atoms with Crippen molar-refractivity contribution < 1.29 is 17.6 Å². The van der Waals surface area contributed by atoms with E-state index in [0.29, 0.717) is 6.54 Å². The lowest BCUT2D eigenvalue weighted by atomic mass is 10.2. The van der Waals surface area contributed by atoms with Gasteiger partial charge < -0.3 is 5.32 Å². The summed E-state index contributed by atoms with van der Waals surface area (Å²) in [4.78, 5) is 0. The summed E-state index contributed by atoms with van der Waals surface area (Å²) < 4.78 is 49.9. The average molecular weight is 233 g/mol. The SMILES string of the molecule is C/C=C/CNc1ccc(F)c(C(F)(F)F)c1. The zero-order valence-corrected chi connectivity index (χ0v) is 8.61. The Morgan fingerprint density at radius 1 is 1.31 bits per heavy atom. The van der Waals surface area contributed by atoms with Crippen LogP contribution in [0.5, 0.6) is 0 Å². The standard InChI is InChI=1S/C11H11F4N/c1-2-3-6-16-8-4-5-10(12)9(7-8)11(13,14)15/h2-5,7,16H,6H2,1H3/b3-2+. The largest absolute Gasteiger partial charge is 0.419 e. The Bertz CT molecular complexity index is 382. The molecule has 1 nitrogen and oxygen atoms in total. The molecule has 1 aromatic carbocycles. The molecule has 0 unspecified atom stereocenters. The molecule has 0 bridgehead atoms. The third-order valence-corrected chi connectivity index (χ3v) is 1.93. The second kappa shape index (κ2) is 5.01. The third kappa shape index (κ3) is 3.25. The minimum Gasteiger partial charge on any atom is -0.382 e. The van der Waals surface area contributed by atoms with Gasteiger partial charge in [-0.2, -0.15) is 13.2 Å². The van der Waals surface area contributed by atoms with E-state index in [9.17, 15) is 17.6 Å². The van der Waals surface area contributed by atoms with Gasteiger partial charge in [0.25, 0.3) is 0 Å². The molecule has 5 heteroatoms. The molecule has 0 atom stereocenters. The van der Waals surface area contributed by atoms with Crippen molar-refractivity contribution in [3.63, 3.8) is 0 Å². The van der Waals surface area contributed by atoms with E-state index in [1.807, 2.05) is 0 Å². The molecule has 0 aliphatic carbocycles. The number of alkyl halides is 3. The Kier molecular flexibility index (Phi) is 3.93. The van der Waals surface area contributed by atoms with Crippen molar-refractivity contribution in [2.75, 3.05) is 11.9 Å². The molecule has 0 spiro atoms. The summed E-state index contributed by atoms with van der Waals surface area (Å²) in [6.07, 6.45) is -1.15. The van der Waals surface area contributed by atoms with Crippen molar-refractivity contribution in [3.05, 3.63) is 41.7 Å². The molecule has 0 heterocycles. The Balaban J connectivity index is 2.90. The lowest BCUT2D eigenvalue weighted by molar-refractivity contribution is -0.139. The molecule has 16 heavy (non-hydrogen) atoms. The molecule has 0 aliphatic rings. The molecule has 1 N–H and O–H groups in total. The molecule has 0 saturated heterocycles. The summed E-state index contributed by atoms with van der Waals surface area (Å²) in [7, 11) is 0. The molecule has 1 aromatic rings. The first-order chi connectivity index (χ1) is 7.45. The van der Waals surface area contributed by atoms with Crippen LogP contribution < -0.4 is 5.32 Å². The van der Waals surface area contributed by atoms with E-state index in [-0.39, 0.29) is 5.69 Å². The fourth-order valence-corrected chi connectivity index (χ4v) is 1.15. The zero-order chi connectivity index (χ0) is 12.2. The number of hydrogen-bond acceptors (Lipinski definition) is 1.